The summed E-state index contributed by atoms with van der Waals surface area (Å²) in [6, 6.07) is 8.33. The number of aromatic hydroxyl groups is 3. The quantitative estimate of drug-likeness (QED) is 0.403. The molecule has 9 heteroatoms. The highest BCUT2D eigenvalue weighted by atomic mass is 16.7. The van der Waals surface area contributed by atoms with Gasteiger partial charge in [-0.15, -0.1) is 0 Å². The number of aliphatic hydroxyl groups excluding tert-OH is 2. The van der Waals surface area contributed by atoms with E-state index in [-0.39, 0.29) is 34.6 Å². The maximum absolute atomic E-state index is 12.5. The minimum atomic E-state index is -1.21. The summed E-state index contributed by atoms with van der Waals surface area (Å²) in [5, 5.41) is 49.7. The summed E-state index contributed by atoms with van der Waals surface area (Å²) in [4.78, 5) is 12.5. The molecule has 158 valence electrons. The molecule has 1 aliphatic heterocycles. The Morgan fingerprint density at radius 2 is 1.70 bits per heavy atom. The first-order valence-electron chi connectivity index (χ1n) is 9.25. The summed E-state index contributed by atoms with van der Waals surface area (Å²) in [5.74, 6) is -1.48. The molecule has 4 atom stereocenters. The number of phenolic OH excluding ortho intramolecular Hbond substituents is 3. The summed E-state index contributed by atoms with van der Waals surface area (Å²) < 4.78 is 16.7. The molecule has 3 aromatic rings. The average Bonchev–Trinajstić information content (AvgIpc) is 2.70. The van der Waals surface area contributed by atoms with E-state index in [1.165, 1.54) is 18.2 Å². The van der Waals surface area contributed by atoms with Crippen LogP contribution in [0.25, 0.3) is 22.3 Å². The molecule has 0 aliphatic carbocycles. The smallest absolute Gasteiger partial charge is 0.226 e. The second kappa shape index (κ2) is 7.52. The molecule has 1 aromatic heterocycles. The number of ether oxygens (including phenoxy) is 2. The van der Waals surface area contributed by atoms with Gasteiger partial charge in [0.2, 0.25) is 12.0 Å². The normalized spacial score (nSPS) is 24.1. The van der Waals surface area contributed by atoms with Gasteiger partial charge in [0.05, 0.1) is 12.2 Å². The maximum Gasteiger partial charge on any atom is 0.226 e. The van der Waals surface area contributed by atoms with Crippen molar-refractivity contribution < 1.29 is 39.4 Å². The molecule has 2 unspecified atom stereocenters. The van der Waals surface area contributed by atoms with Crippen LogP contribution in [0.5, 0.6) is 23.0 Å². The summed E-state index contributed by atoms with van der Waals surface area (Å²) in [6.07, 6.45) is -3.87. The fraction of sp³-hybridized carbons (Fsp3) is 0.286. The molecule has 5 N–H and O–H groups in total. The van der Waals surface area contributed by atoms with Crippen LogP contribution in [-0.2, 0) is 4.74 Å². The van der Waals surface area contributed by atoms with Gasteiger partial charge in [0.1, 0.15) is 28.6 Å². The first-order valence-corrected chi connectivity index (χ1v) is 9.25. The third-order valence-corrected chi connectivity index (χ3v) is 5.01. The van der Waals surface area contributed by atoms with Gasteiger partial charge in [-0.05, 0) is 31.2 Å². The molecule has 4 rings (SSSR count). The van der Waals surface area contributed by atoms with E-state index in [1.54, 1.807) is 19.1 Å². The summed E-state index contributed by atoms with van der Waals surface area (Å²) in [5.41, 5.74) is -0.144. The molecule has 0 radical (unpaired) electrons. The Morgan fingerprint density at radius 3 is 2.40 bits per heavy atom. The first kappa shape index (κ1) is 20.0. The van der Waals surface area contributed by atoms with Crippen molar-refractivity contribution in [2.75, 3.05) is 0 Å². The van der Waals surface area contributed by atoms with Crippen LogP contribution in [0.2, 0.25) is 0 Å². The van der Waals surface area contributed by atoms with E-state index < -0.39 is 41.5 Å². The number of phenols is 3. The van der Waals surface area contributed by atoms with Crippen molar-refractivity contribution in [2.45, 2.75) is 37.9 Å². The van der Waals surface area contributed by atoms with Gasteiger partial charge >= 0.3 is 0 Å². The molecule has 30 heavy (non-hydrogen) atoms. The highest BCUT2D eigenvalue weighted by Gasteiger charge is 2.36. The molecule has 0 saturated carbocycles. The van der Waals surface area contributed by atoms with E-state index in [4.69, 9.17) is 13.9 Å². The Morgan fingerprint density at radius 1 is 1.00 bits per heavy atom. The average molecular weight is 416 g/mol. The zero-order valence-corrected chi connectivity index (χ0v) is 15.8. The maximum atomic E-state index is 12.5. The van der Waals surface area contributed by atoms with Crippen molar-refractivity contribution in [2.24, 2.45) is 0 Å². The van der Waals surface area contributed by atoms with Gasteiger partial charge in [0.15, 0.2) is 16.9 Å². The second-order valence-corrected chi connectivity index (χ2v) is 7.16. The van der Waals surface area contributed by atoms with Gasteiger partial charge in [0.25, 0.3) is 0 Å². The van der Waals surface area contributed by atoms with Crippen molar-refractivity contribution >= 4 is 11.0 Å². The lowest BCUT2D eigenvalue weighted by molar-refractivity contribution is -0.229. The lowest BCUT2D eigenvalue weighted by Gasteiger charge is -2.35. The van der Waals surface area contributed by atoms with Crippen LogP contribution < -0.4 is 10.2 Å². The summed E-state index contributed by atoms with van der Waals surface area (Å²) in [7, 11) is 0. The number of fused-ring (bicyclic) bond motifs is 1. The van der Waals surface area contributed by atoms with E-state index >= 15 is 0 Å². The van der Waals surface area contributed by atoms with Crippen LogP contribution in [0.4, 0.5) is 0 Å². The third kappa shape index (κ3) is 3.54. The van der Waals surface area contributed by atoms with E-state index in [9.17, 15) is 30.3 Å². The lowest BCUT2D eigenvalue weighted by atomic mass is 10.0. The van der Waals surface area contributed by atoms with Crippen molar-refractivity contribution in [1.82, 2.24) is 0 Å². The SMILES string of the molecule is C[C@@H]1OC(Oc2cc3oc(-c4ccc(O)cc4)cc(=O)c3c(O)c2O)[C@H](O)CC1O. The van der Waals surface area contributed by atoms with Gasteiger partial charge in [-0.25, -0.2) is 0 Å². The van der Waals surface area contributed by atoms with Crippen LogP contribution in [-0.4, -0.2) is 50.1 Å². The Hall–Kier alpha value is -3.27. The van der Waals surface area contributed by atoms with Crippen LogP contribution >= 0.6 is 0 Å². The number of rotatable bonds is 3. The molecule has 0 spiro atoms. The Balaban J connectivity index is 1.77. The van der Waals surface area contributed by atoms with Gasteiger partial charge in [0, 0.05) is 24.1 Å². The Kier molecular flexibility index (Phi) is 5.02. The number of benzene rings is 2. The number of hydrogen-bond donors (Lipinski definition) is 5. The minimum absolute atomic E-state index is 0.00619. The van der Waals surface area contributed by atoms with E-state index in [2.05, 4.69) is 0 Å². The molecule has 0 bridgehead atoms. The Bertz CT molecular complexity index is 1140. The molecule has 1 fully saturated rings. The predicted molar refractivity (Wildman–Crippen MR) is 105 cm³/mol. The van der Waals surface area contributed by atoms with Gasteiger partial charge in [-0.3, -0.25) is 4.79 Å². The highest BCUT2D eigenvalue weighted by Crippen LogP contribution is 2.42. The zero-order chi connectivity index (χ0) is 21.6. The molecule has 1 saturated heterocycles. The predicted octanol–water partition coefficient (Wildman–Crippen LogP) is 1.81. The molecule has 1 aliphatic rings. The van der Waals surface area contributed by atoms with Crippen molar-refractivity contribution in [3.05, 3.63) is 46.6 Å². The summed E-state index contributed by atoms with van der Waals surface area (Å²) >= 11 is 0. The first-order chi connectivity index (χ1) is 14.2. The van der Waals surface area contributed by atoms with Gasteiger partial charge < -0.3 is 39.4 Å². The van der Waals surface area contributed by atoms with E-state index in [1.807, 2.05) is 0 Å². The Labute approximate surface area is 170 Å². The standard InChI is InChI=1S/C21H20O9/c1-9-12(23)6-14(25)21(28-9)30-17-8-16-18(20(27)19(17)26)13(24)7-15(29-16)10-2-4-11(22)5-3-10/h2-5,7-9,12,14,21-23,25-27H,6H2,1H3/t9-,12?,14+,21?/m0/s1. The van der Waals surface area contributed by atoms with E-state index in [0.717, 1.165) is 6.07 Å². The lowest BCUT2D eigenvalue weighted by Crippen LogP contribution is -2.48. The monoisotopic (exact) mass is 416 g/mol. The zero-order valence-electron chi connectivity index (χ0n) is 15.8. The third-order valence-electron chi connectivity index (χ3n) is 5.01. The fourth-order valence-electron chi connectivity index (χ4n) is 3.30. The van der Waals surface area contributed by atoms with Crippen molar-refractivity contribution in [3.63, 3.8) is 0 Å². The molecule has 0 amide bonds. The van der Waals surface area contributed by atoms with Gasteiger partial charge in [-0.2, -0.15) is 0 Å². The van der Waals surface area contributed by atoms with Crippen LogP contribution in [0.3, 0.4) is 0 Å². The summed E-state index contributed by atoms with van der Waals surface area (Å²) in [6.45, 7) is 1.60. The molecule has 2 aromatic carbocycles. The molecular formula is C21H20O9. The fourth-order valence-corrected chi connectivity index (χ4v) is 3.30. The number of hydrogen-bond acceptors (Lipinski definition) is 9. The van der Waals surface area contributed by atoms with Crippen LogP contribution in [0.1, 0.15) is 13.3 Å². The molecular weight excluding hydrogens is 396 g/mol. The molecule has 2 heterocycles. The second-order valence-electron chi connectivity index (χ2n) is 7.16. The minimum Gasteiger partial charge on any atom is -0.508 e. The number of aliphatic hydroxyl groups is 2. The van der Waals surface area contributed by atoms with Crippen LogP contribution in [0.15, 0.2) is 45.6 Å². The van der Waals surface area contributed by atoms with E-state index in [0.29, 0.717) is 5.56 Å². The van der Waals surface area contributed by atoms with Crippen molar-refractivity contribution in [3.8, 4) is 34.3 Å². The molecule has 9 nitrogen and oxygen atoms in total. The van der Waals surface area contributed by atoms with Crippen molar-refractivity contribution in [1.29, 1.82) is 0 Å². The van der Waals surface area contributed by atoms with Crippen LogP contribution in [0, 0.1) is 0 Å². The largest absolute Gasteiger partial charge is 0.508 e. The topological polar surface area (TPSA) is 150 Å². The van der Waals surface area contributed by atoms with Gasteiger partial charge in [-0.1, -0.05) is 0 Å². The highest BCUT2D eigenvalue weighted by molar-refractivity contribution is 5.89.